The topological polar surface area (TPSA) is 77.0 Å². The number of esters is 1. The van der Waals surface area contributed by atoms with E-state index in [1.165, 1.54) is 6.21 Å². The van der Waals surface area contributed by atoms with E-state index in [9.17, 15) is 9.59 Å². The van der Waals surface area contributed by atoms with Crippen LogP contribution < -0.4 is 14.9 Å². The van der Waals surface area contributed by atoms with Crippen molar-refractivity contribution < 1.29 is 19.1 Å². The highest BCUT2D eigenvalue weighted by molar-refractivity contribution is 5.95. The Labute approximate surface area is 175 Å². The molecule has 6 heteroatoms. The predicted molar refractivity (Wildman–Crippen MR) is 115 cm³/mol. The number of hydrogen-bond acceptors (Lipinski definition) is 5. The monoisotopic (exact) mass is 402 g/mol. The van der Waals surface area contributed by atoms with E-state index in [0.717, 1.165) is 11.1 Å². The highest BCUT2D eigenvalue weighted by atomic mass is 16.5. The first kappa shape index (κ1) is 20.8. The fourth-order valence-corrected chi connectivity index (χ4v) is 2.58. The summed E-state index contributed by atoms with van der Waals surface area (Å²) in [4.78, 5) is 24.3. The molecule has 0 saturated carbocycles. The second-order valence-corrected chi connectivity index (χ2v) is 6.48. The van der Waals surface area contributed by atoms with Gasteiger partial charge >= 0.3 is 5.97 Å². The average Bonchev–Trinajstić information content (AvgIpc) is 2.76. The van der Waals surface area contributed by atoms with E-state index < -0.39 is 5.97 Å². The van der Waals surface area contributed by atoms with E-state index >= 15 is 0 Å². The Morgan fingerprint density at radius 1 is 0.867 bits per heavy atom. The van der Waals surface area contributed by atoms with Gasteiger partial charge in [-0.05, 0) is 80.1 Å². The van der Waals surface area contributed by atoms with Crippen LogP contribution in [0.3, 0.4) is 0 Å². The predicted octanol–water partition coefficient (Wildman–Crippen LogP) is 4.38. The molecule has 0 aliphatic carbocycles. The molecule has 0 spiro atoms. The van der Waals surface area contributed by atoms with Crippen molar-refractivity contribution in [1.29, 1.82) is 0 Å². The summed E-state index contributed by atoms with van der Waals surface area (Å²) in [6.45, 7) is 4.42. The average molecular weight is 402 g/mol. The molecular weight excluding hydrogens is 380 g/mol. The van der Waals surface area contributed by atoms with Crippen molar-refractivity contribution in [2.45, 2.75) is 13.8 Å². The van der Waals surface area contributed by atoms with Crippen molar-refractivity contribution in [3.05, 3.63) is 95.1 Å². The maximum atomic E-state index is 12.1. The summed E-state index contributed by atoms with van der Waals surface area (Å²) in [5, 5.41) is 3.96. The van der Waals surface area contributed by atoms with Gasteiger partial charge in [0.05, 0.1) is 18.4 Å². The number of nitrogens with zero attached hydrogens (tertiary/aromatic N) is 1. The lowest BCUT2D eigenvalue weighted by Crippen LogP contribution is -2.17. The van der Waals surface area contributed by atoms with Gasteiger partial charge in [0.1, 0.15) is 11.5 Å². The van der Waals surface area contributed by atoms with Gasteiger partial charge in [0.25, 0.3) is 5.91 Å². The van der Waals surface area contributed by atoms with Crippen LogP contribution in [0, 0.1) is 6.92 Å². The van der Waals surface area contributed by atoms with Crippen molar-refractivity contribution in [2.24, 2.45) is 5.10 Å². The lowest BCUT2D eigenvalue weighted by atomic mass is 10.1. The number of benzene rings is 3. The summed E-state index contributed by atoms with van der Waals surface area (Å²) < 4.78 is 10.7. The summed E-state index contributed by atoms with van der Waals surface area (Å²) >= 11 is 0. The van der Waals surface area contributed by atoms with Crippen LogP contribution in [-0.2, 0) is 0 Å². The van der Waals surface area contributed by atoms with Gasteiger partial charge in [-0.3, -0.25) is 4.79 Å². The molecule has 0 unspecified atom stereocenters. The first-order valence-electron chi connectivity index (χ1n) is 9.50. The molecular formula is C24H22N2O4. The standard InChI is InChI=1S/C24H22N2O4/c1-3-29-21-14-10-19(11-15-21)23(27)26-25-16-18-6-12-22(13-7-18)30-24(28)20-8-4-17(2)5-9-20/h4-16H,3H2,1-2H3,(H,26,27)/b25-16-. The van der Waals surface area contributed by atoms with Crippen molar-refractivity contribution in [2.75, 3.05) is 6.61 Å². The number of aryl methyl sites for hydroxylation is 1. The fourth-order valence-electron chi connectivity index (χ4n) is 2.58. The maximum Gasteiger partial charge on any atom is 0.343 e. The lowest BCUT2D eigenvalue weighted by molar-refractivity contribution is 0.0734. The van der Waals surface area contributed by atoms with Gasteiger partial charge < -0.3 is 9.47 Å². The number of nitrogens with one attached hydrogen (secondary N) is 1. The molecule has 0 aliphatic heterocycles. The zero-order valence-electron chi connectivity index (χ0n) is 16.8. The zero-order valence-corrected chi connectivity index (χ0v) is 16.8. The summed E-state index contributed by atoms with van der Waals surface area (Å²) in [5.74, 6) is 0.397. The summed E-state index contributed by atoms with van der Waals surface area (Å²) in [6.07, 6.45) is 1.51. The number of hydrogen-bond donors (Lipinski definition) is 1. The molecule has 0 aromatic heterocycles. The van der Waals surface area contributed by atoms with Crippen LogP contribution in [-0.4, -0.2) is 24.7 Å². The molecule has 152 valence electrons. The zero-order chi connectivity index (χ0) is 21.3. The number of rotatable bonds is 7. The smallest absolute Gasteiger partial charge is 0.343 e. The second-order valence-electron chi connectivity index (χ2n) is 6.48. The van der Waals surface area contributed by atoms with E-state index in [1.54, 1.807) is 60.7 Å². The molecule has 0 aliphatic rings. The third-order valence-electron chi connectivity index (χ3n) is 4.19. The minimum absolute atomic E-state index is 0.321. The highest BCUT2D eigenvalue weighted by Gasteiger charge is 2.08. The van der Waals surface area contributed by atoms with Crippen molar-refractivity contribution in [3.8, 4) is 11.5 Å². The molecule has 1 amide bonds. The minimum Gasteiger partial charge on any atom is -0.494 e. The lowest BCUT2D eigenvalue weighted by Gasteiger charge is -2.05. The van der Waals surface area contributed by atoms with E-state index in [1.807, 2.05) is 26.0 Å². The van der Waals surface area contributed by atoms with Crippen LogP contribution in [0.15, 0.2) is 77.9 Å². The van der Waals surface area contributed by atoms with Crippen LogP contribution in [0.1, 0.15) is 38.8 Å². The molecule has 1 N–H and O–H groups in total. The van der Waals surface area contributed by atoms with Crippen molar-refractivity contribution in [1.82, 2.24) is 5.43 Å². The van der Waals surface area contributed by atoms with E-state index in [-0.39, 0.29) is 5.91 Å². The van der Waals surface area contributed by atoms with E-state index in [4.69, 9.17) is 9.47 Å². The Kier molecular flexibility index (Phi) is 6.95. The van der Waals surface area contributed by atoms with Gasteiger partial charge in [-0.15, -0.1) is 0 Å². The van der Waals surface area contributed by atoms with Crippen LogP contribution in [0.2, 0.25) is 0 Å². The van der Waals surface area contributed by atoms with Crippen molar-refractivity contribution >= 4 is 18.1 Å². The first-order valence-corrected chi connectivity index (χ1v) is 9.50. The summed E-state index contributed by atoms with van der Waals surface area (Å²) in [7, 11) is 0. The maximum absolute atomic E-state index is 12.1. The number of amides is 1. The van der Waals surface area contributed by atoms with Crippen LogP contribution in [0.5, 0.6) is 11.5 Å². The molecule has 3 rings (SSSR count). The number of hydrazone groups is 1. The molecule has 0 saturated heterocycles. The van der Waals surface area contributed by atoms with E-state index in [0.29, 0.717) is 29.2 Å². The SMILES string of the molecule is CCOc1ccc(C(=O)N/N=C\c2ccc(OC(=O)c3ccc(C)cc3)cc2)cc1. The highest BCUT2D eigenvalue weighted by Crippen LogP contribution is 2.14. The molecule has 0 heterocycles. The Bertz CT molecular complexity index is 1020. The molecule has 3 aromatic carbocycles. The van der Waals surface area contributed by atoms with Gasteiger partial charge in [0, 0.05) is 5.56 Å². The van der Waals surface area contributed by atoms with Crippen LogP contribution in [0.25, 0.3) is 0 Å². The minimum atomic E-state index is -0.418. The van der Waals surface area contributed by atoms with E-state index in [2.05, 4.69) is 10.5 Å². The second kappa shape index (κ2) is 10.0. The molecule has 0 bridgehead atoms. The Morgan fingerprint density at radius 2 is 1.47 bits per heavy atom. The fraction of sp³-hybridized carbons (Fsp3) is 0.125. The van der Waals surface area contributed by atoms with Crippen molar-refractivity contribution in [3.63, 3.8) is 0 Å². The number of carbonyl (C=O) groups excluding carboxylic acids is 2. The summed E-state index contributed by atoms with van der Waals surface area (Å²) in [6, 6.07) is 20.8. The van der Waals surface area contributed by atoms with Crippen LogP contribution in [0.4, 0.5) is 0 Å². The molecule has 0 radical (unpaired) electrons. The van der Waals surface area contributed by atoms with Gasteiger partial charge in [0.15, 0.2) is 0 Å². The molecule has 0 fully saturated rings. The third kappa shape index (κ3) is 5.78. The molecule has 30 heavy (non-hydrogen) atoms. The number of carbonyl (C=O) groups is 2. The Balaban J connectivity index is 1.53. The molecule has 0 atom stereocenters. The Morgan fingerprint density at radius 3 is 2.10 bits per heavy atom. The van der Waals surface area contributed by atoms with Gasteiger partial charge in [0.2, 0.25) is 0 Å². The van der Waals surface area contributed by atoms with Gasteiger partial charge in [-0.1, -0.05) is 17.7 Å². The third-order valence-corrected chi connectivity index (χ3v) is 4.19. The summed E-state index contributed by atoms with van der Waals surface area (Å²) in [5.41, 5.74) is 5.27. The molecule has 6 nitrogen and oxygen atoms in total. The largest absolute Gasteiger partial charge is 0.494 e. The van der Waals surface area contributed by atoms with Gasteiger partial charge in [-0.2, -0.15) is 5.10 Å². The molecule has 3 aromatic rings. The number of ether oxygens (including phenoxy) is 2. The Hall–Kier alpha value is -3.93. The first-order chi connectivity index (χ1) is 14.5. The quantitative estimate of drug-likeness (QED) is 0.275. The van der Waals surface area contributed by atoms with Crippen LogP contribution >= 0.6 is 0 Å². The van der Waals surface area contributed by atoms with Gasteiger partial charge in [-0.25, -0.2) is 10.2 Å². The normalized spacial score (nSPS) is 10.6.